The van der Waals surface area contributed by atoms with Crippen molar-refractivity contribution in [3.05, 3.63) is 48.4 Å². The Balaban J connectivity index is 1.32. The highest BCUT2D eigenvalue weighted by molar-refractivity contribution is 6.76. The van der Waals surface area contributed by atoms with Crippen LogP contribution in [0.15, 0.2) is 42.7 Å². The summed E-state index contributed by atoms with van der Waals surface area (Å²) in [6.07, 6.45) is 6.91. The van der Waals surface area contributed by atoms with Gasteiger partial charge >= 0.3 is 0 Å². The Kier molecular flexibility index (Phi) is 7.89. The van der Waals surface area contributed by atoms with Crippen molar-refractivity contribution in [2.45, 2.75) is 96.5 Å². The number of aromatic nitrogens is 3. The highest BCUT2D eigenvalue weighted by Gasteiger charge is 2.39. The van der Waals surface area contributed by atoms with E-state index in [1.807, 2.05) is 17.1 Å². The Bertz CT molecular complexity index is 1330. The summed E-state index contributed by atoms with van der Waals surface area (Å²) in [4.78, 5) is 7.56. The maximum absolute atomic E-state index is 6.27. The van der Waals surface area contributed by atoms with Gasteiger partial charge in [0.05, 0.1) is 18.5 Å². The lowest BCUT2D eigenvalue weighted by atomic mass is 9.79. The molecule has 216 valence electrons. The average molecular weight is 562 g/mol. The smallest absolute Gasteiger partial charge is 0.139 e. The molecule has 1 fully saturated rings. The Labute approximate surface area is 241 Å². The number of piperidine rings is 1. The van der Waals surface area contributed by atoms with Crippen molar-refractivity contribution in [2.24, 2.45) is 0 Å². The molecule has 40 heavy (non-hydrogen) atoms. The fourth-order valence-corrected chi connectivity index (χ4v) is 7.03. The Morgan fingerprint density at radius 2 is 1.77 bits per heavy atom. The van der Waals surface area contributed by atoms with Crippen LogP contribution in [0.5, 0.6) is 5.75 Å². The van der Waals surface area contributed by atoms with Crippen molar-refractivity contribution in [1.29, 1.82) is 0 Å². The second-order valence-electron chi connectivity index (χ2n) is 14.2. The first-order chi connectivity index (χ1) is 18.8. The number of hydrogen-bond donors (Lipinski definition) is 1. The number of benzene rings is 1. The quantitative estimate of drug-likeness (QED) is 0.247. The highest BCUT2D eigenvalue weighted by atomic mass is 28.3. The maximum Gasteiger partial charge on any atom is 0.139 e. The second kappa shape index (κ2) is 11.0. The molecule has 2 aliphatic heterocycles. The largest absolute Gasteiger partial charge is 0.493 e. The third kappa shape index (κ3) is 6.78. The van der Waals surface area contributed by atoms with Crippen molar-refractivity contribution in [1.82, 2.24) is 20.1 Å². The van der Waals surface area contributed by atoms with E-state index in [1.165, 1.54) is 0 Å². The number of pyridine rings is 1. The van der Waals surface area contributed by atoms with Gasteiger partial charge in [-0.15, -0.1) is 0 Å². The molecule has 0 spiro atoms. The molecular weight excluding hydrogens is 514 g/mol. The molecule has 5 rings (SSSR count). The normalized spacial score (nSPS) is 18.4. The van der Waals surface area contributed by atoms with E-state index in [-0.39, 0.29) is 11.1 Å². The predicted molar refractivity (Wildman–Crippen MR) is 167 cm³/mol. The van der Waals surface area contributed by atoms with E-state index in [0.717, 1.165) is 71.4 Å². The molecule has 1 N–H and O–H groups in total. The van der Waals surface area contributed by atoms with Crippen LogP contribution in [-0.2, 0) is 17.9 Å². The minimum Gasteiger partial charge on any atom is -0.493 e. The molecule has 7 nitrogen and oxygen atoms in total. The topological polar surface area (TPSA) is 64.4 Å². The molecule has 0 amide bonds. The Morgan fingerprint density at radius 3 is 2.50 bits per heavy atom. The summed E-state index contributed by atoms with van der Waals surface area (Å²) in [5.41, 5.74) is 5.70. The Hall–Kier alpha value is -2.68. The lowest BCUT2D eigenvalue weighted by Gasteiger charge is -2.49. The fraction of sp³-hybridized carbons (Fsp3) is 0.562. The van der Waals surface area contributed by atoms with Crippen molar-refractivity contribution >= 4 is 13.9 Å². The van der Waals surface area contributed by atoms with Gasteiger partial charge in [0.25, 0.3) is 0 Å². The van der Waals surface area contributed by atoms with Crippen molar-refractivity contribution < 1.29 is 9.47 Å². The monoisotopic (exact) mass is 561 g/mol. The molecule has 3 aromatic rings. The van der Waals surface area contributed by atoms with Gasteiger partial charge in [-0.3, -0.25) is 0 Å². The number of ether oxygens (including phenoxy) is 2. The summed E-state index contributed by atoms with van der Waals surface area (Å²) in [7, 11) is 1.10. The number of nitrogens with zero attached hydrogens (tertiary/aromatic N) is 4. The molecule has 0 unspecified atom stereocenters. The maximum atomic E-state index is 6.27. The van der Waals surface area contributed by atoms with Gasteiger partial charge in [-0.25, -0.2) is 9.67 Å². The molecule has 0 bridgehead atoms. The van der Waals surface area contributed by atoms with Crippen LogP contribution in [0.4, 0.5) is 5.82 Å². The number of anilines is 1. The minimum atomic E-state index is -1.09. The molecule has 0 aliphatic carbocycles. The van der Waals surface area contributed by atoms with Gasteiger partial charge < -0.3 is 19.7 Å². The zero-order valence-electron chi connectivity index (χ0n) is 25.7. The standard InChI is InChI=1S/C32H47N5O2Si/c1-31(2)18-25(19-32(3,4)35-31)36(5)30-12-11-26-27-10-9-23(17-29(27)39-14-13-28(26)34-30)24-20-33-37(21-24)22-38-15-16-40(6,7)8/h9-12,17,20-21,25,35H,13-16,18-19,22H2,1-8H3. The summed E-state index contributed by atoms with van der Waals surface area (Å²) >= 11 is 0. The van der Waals surface area contributed by atoms with Gasteiger partial charge in [-0.05, 0) is 76.4 Å². The van der Waals surface area contributed by atoms with E-state index in [4.69, 9.17) is 14.5 Å². The van der Waals surface area contributed by atoms with Crippen LogP contribution >= 0.6 is 0 Å². The molecule has 2 aliphatic rings. The fourth-order valence-electron chi connectivity index (χ4n) is 6.27. The van der Waals surface area contributed by atoms with E-state index in [9.17, 15) is 0 Å². The summed E-state index contributed by atoms with van der Waals surface area (Å²) in [6.45, 7) is 18.2. The van der Waals surface area contributed by atoms with E-state index < -0.39 is 8.07 Å². The molecule has 1 aromatic carbocycles. The van der Waals surface area contributed by atoms with Crippen LogP contribution in [0.25, 0.3) is 22.3 Å². The van der Waals surface area contributed by atoms with Gasteiger partial charge in [0, 0.05) is 68.2 Å². The highest BCUT2D eigenvalue weighted by Crippen LogP contribution is 2.39. The first kappa shape index (κ1) is 28.8. The van der Waals surface area contributed by atoms with Crippen molar-refractivity contribution in [3.8, 4) is 28.0 Å². The molecule has 0 atom stereocenters. The van der Waals surface area contributed by atoms with Crippen LogP contribution in [-0.4, -0.2) is 60.2 Å². The SMILES string of the molecule is CN(c1ccc2c(n1)CCOc1cc(-c3cnn(COCC[Si](C)(C)C)c3)ccc1-2)C1CC(C)(C)NC(C)(C)C1. The zero-order chi connectivity index (χ0) is 28.7. The van der Waals surface area contributed by atoms with Crippen molar-refractivity contribution in [3.63, 3.8) is 0 Å². The first-order valence-corrected chi connectivity index (χ1v) is 18.4. The number of hydrogen-bond acceptors (Lipinski definition) is 6. The van der Waals surface area contributed by atoms with E-state index in [1.54, 1.807) is 0 Å². The molecule has 1 saturated heterocycles. The number of rotatable bonds is 8. The third-order valence-corrected chi connectivity index (χ3v) is 9.80. The van der Waals surface area contributed by atoms with Gasteiger partial charge in [0.15, 0.2) is 0 Å². The van der Waals surface area contributed by atoms with E-state index in [0.29, 0.717) is 19.4 Å². The zero-order valence-corrected chi connectivity index (χ0v) is 26.7. The van der Waals surface area contributed by atoms with Crippen molar-refractivity contribution in [2.75, 3.05) is 25.2 Å². The van der Waals surface area contributed by atoms with Gasteiger partial charge in [-0.1, -0.05) is 25.7 Å². The van der Waals surface area contributed by atoms with Crippen LogP contribution < -0.4 is 15.0 Å². The molecule has 4 heterocycles. The van der Waals surface area contributed by atoms with Crippen LogP contribution in [0, 0.1) is 0 Å². The van der Waals surface area contributed by atoms with E-state index >= 15 is 0 Å². The van der Waals surface area contributed by atoms with Gasteiger partial charge in [0.1, 0.15) is 18.3 Å². The molecular formula is C32H47N5O2Si. The lowest BCUT2D eigenvalue weighted by molar-refractivity contribution is 0.0786. The molecule has 8 heteroatoms. The van der Waals surface area contributed by atoms with Crippen LogP contribution in [0.3, 0.4) is 0 Å². The van der Waals surface area contributed by atoms with Crippen LogP contribution in [0.2, 0.25) is 25.7 Å². The Morgan fingerprint density at radius 1 is 1.05 bits per heavy atom. The lowest BCUT2D eigenvalue weighted by Crippen LogP contribution is -2.62. The summed E-state index contributed by atoms with van der Waals surface area (Å²) in [6, 6.07) is 12.5. The molecule has 2 aromatic heterocycles. The molecule has 0 saturated carbocycles. The summed E-state index contributed by atoms with van der Waals surface area (Å²) in [5.74, 6) is 1.94. The first-order valence-electron chi connectivity index (χ1n) is 14.7. The minimum absolute atomic E-state index is 0.0913. The predicted octanol–water partition coefficient (Wildman–Crippen LogP) is 6.60. The number of nitrogens with one attached hydrogen (secondary N) is 1. The van der Waals surface area contributed by atoms with Gasteiger partial charge in [0.2, 0.25) is 0 Å². The summed E-state index contributed by atoms with van der Waals surface area (Å²) in [5, 5.41) is 8.32. The van der Waals surface area contributed by atoms with Crippen LogP contribution in [0.1, 0.15) is 46.2 Å². The molecule has 0 radical (unpaired) electrons. The average Bonchev–Trinajstić information content (AvgIpc) is 3.25. The second-order valence-corrected chi connectivity index (χ2v) is 19.8. The number of fused-ring (bicyclic) bond motifs is 3. The third-order valence-electron chi connectivity index (χ3n) is 8.09. The summed E-state index contributed by atoms with van der Waals surface area (Å²) < 4.78 is 14.0. The van der Waals surface area contributed by atoms with E-state index in [2.05, 4.69) is 100 Å². The van der Waals surface area contributed by atoms with Gasteiger partial charge in [-0.2, -0.15) is 5.10 Å².